The van der Waals surface area contributed by atoms with Gasteiger partial charge in [0.25, 0.3) is 0 Å². The smallest absolute Gasteiger partial charge is 0.306 e. The molecule has 0 saturated carbocycles. The minimum Gasteiger partial charge on any atom is -0.481 e. The molecule has 0 radical (unpaired) electrons. The zero-order valence-electron chi connectivity index (χ0n) is 14.0. The van der Waals surface area contributed by atoms with Gasteiger partial charge in [0.15, 0.2) is 0 Å². The van der Waals surface area contributed by atoms with Gasteiger partial charge in [-0.3, -0.25) is 14.4 Å². The fraction of sp³-hybridized carbons (Fsp3) is 0.812. The molecule has 0 aromatic heterocycles. The van der Waals surface area contributed by atoms with Crippen molar-refractivity contribution < 1.29 is 19.5 Å². The van der Waals surface area contributed by atoms with E-state index >= 15 is 0 Å². The van der Waals surface area contributed by atoms with E-state index in [9.17, 15) is 14.4 Å². The molecule has 0 bridgehead atoms. The van der Waals surface area contributed by atoms with Crippen LogP contribution >= 0.6 is 0 Å². The van der Waals surface area contributed by atoms with Crippen molar-refractivity contribution >= 4 is 17.8 Å². The van der Waals surface area contributed by atoms with Crippen LogP contribution in [0.2, 0.25) is 0 Å². The monoisotopic (exact) mass is 312 g/mol. The number of nitrogens with zero attached hydrogens (tertiary/aromatic N) is 2. The van der Waals surface area contributed by atoms with Crippen LogP contribution in [-0.2, 0) is 14.4 Å². The maximum Gasteiger partial charge on any atom is 0.306 e. The number of rotatable bonds is 6. The molecule has 0 aliphatic carbocycles. The van der Waals surface area contributed by atoms with Crippen molar-refractivity contribution in [2.75, 3.05) is 26.7 Å². The van der Waals surface area contributed by atoms with E-state index in [1.54, 1.807) is 11.9 Å². The molecule has 0 aromatic carbocycles. The Balaban J connectivity index is 2.48. The third kappa shape index (κ3) is 4.71. The zero-order chi connectivity index (χ0) is 16.9. The Bertz CT molecular complexity index is 416. The highest BCUT2D eigenvalue weighted by Crippen LogP contribution is 2.19. The lowest BCUT2D eigenvalue weighted by Gasteiger charge is -2.32. The molecule has 1 saturated heterocycles. The second-order valence-corrected chi connectivity index (χ2v) is 6.36. The third-order valence-corrected chi connectivity index (χ3v) is 4.83. The molecule has 6 heteroatoms. The summed E-state index contributed by atoms with van der Waals surface area (Å²) in [5.74, 6) is -1.06. The van der Waals surface area contributed by atoms with Crippen LogP contribution in [0.3, 0.4) is 0 Å². The molecule has 1 aliphatic heterocycles. The molecule has 0 aromatic rings. The number of carboxylic acids is 1. The molecule has 0 spiro atoms. The van der Waals surface area contributed by atoms with Crippen molar-refractivity contribution in [3.05, 3.63) is 0 Å². The molecule has 126 valence electrons. The Morgan fingerprint density at radius 1 is 1.23 bits per heavy atom. The van der Waals surface area contributed by atoms with Gasteiger partial charge in [0, 0.05) is 26.1 Å². The highest BCUT2D eigenvalue weighted by Gasteiger charge is 2.29. The number of likely N-dealkylation sites (N-methyl/N-ethyl adjacent to an activating group) is 1. The molecule has 1 aliphatic rings. The number of piperidine rings is 1. The quantitative estimate of drug-likeness (QED) is 0.805. The Morgan fingerprint density at radius 2 is 1.77 bits per heavy atom. The van der Waals surface area contributed by atoms with Crippen molar-refractivity contribution in [2.45, 2.75) is 40.0 Å². The number of aliphatic carboxylic acids is 1. The molecule has 2 amide bonds. The summed E-state index contributed by atoms with van der Waals surface area (Å²) in [7, 11) is 1.66. The van der Waals surface area contributed by atoms with Gasteiger partial charge < -0.3 is 14.9 Å². The minimum absolute atomic E-state index is 0.0110. The van der Waals surface area contributed by atoms with Crippen LogP contribution in [0.4, 0.5) is 0 Å². The first-order valence-corrected chi connectivity index (χ1v) is 8.03. The highest BCUT2D eigenvalue weighted by atomic mass is 16.4. The van der Waals surface area contributed by atoms with Crippen LogP contribution in [0.15, 0.2) is 0 Å². The molecule has 1 fully saturated rings. The van der Waals surface area contributed by atoms with Crippen molar-refractivity contribution in [1.82, 2.24) is 9.80 Å². The molecule has 1 N–H and O–H groups in total. The van der Waals surface area contributed by atoms with Gasteiger partial charge in [-0.1, -0.05) is 27.2 Å². The second kappa shape index (κ2) is 8.15. The van der Waals surface area contributed by atoms with E-state index in [4.69, 9.17) is 5.11 Å². The van der Waals surface area contributed by atoms with Crippen LogP contribution in [-0.4, -0.2) is 59.4 Å². The number of hydrogen-bond acceptors (Lipinski definition) is 3. The Labute approximate surface area is 132 Å². The number of amides is 2. The zero-order valence-corrected chi connectivity index (χ0v) is 14.0. The van der Waals surface area contributed by atoms with Crippen molar-refractivity contribution in [3.8, 4) is 0 Å². The Kier molecular flexibility index (Phi) is 6.84. The lowest BCUT2D eigenvalue weighted by Crippen LogP contribution is -2.46. The summed E-state index contributed by atoms with van der Waals surface area (Å²) in [5.41, 5.74) is 0. The van der Waals surface area contributed by atoms with Crippen LogP contribution < -0.4 is 0 Å². The molecule has 2 atom stereocenters. The van der Waals surface area contributed by atoms with Gasteiger partial charge in [0.1, 0.15) is 0 Å². The van der Waals surface area contributed by atoms with Gasteiger partial charge in [-0.15, -0.1) is 0 Å². The number of carboxylic acid groups (broad SMARTS) is 1. The first-order chi connectivity index (χ1) is 10.3. The molecule has 22 heavy (non-hydrogen) atoms. The Morgan fingerprint density at radius 3 is 2.23 bits per heavy atom. The summed E-state index contributed by atoms with van der Waals surface area (Å²) in [5, 5.41) is 8.96. The van der Waals surface area contributed by atoms with Crippen LogP contribution in [0, 0.1) is 17.8 Å². The van der Waals surface area contributed by atoms with E-state index in [0.29, 0.717) is 25.9 Å². The van der Waals surface area contributed by atoms with Gasteiger partial charge in [0.05, 0.1) is 12.5 Å². The van der Waals surface area contributed by atoms with Gasteiger partial charge >= 0.3 is 5.97 Å². The van der Waals surface area contributed by atoms with Crippen molar-refractivity contribution in [1.29, 1.82) is 0 Å². The first kappa shape index (κ1) is 18.5. The van der Waals surface area contributed by atoms with Gasteiger partial charge in [-0.2, -0.15) is 0 Å². The molecule has 2 unspecified atom stereocenters. The number of carbonyl (C=O) groups excluding carboxylic acids is 2. The topological polar surface area (TPSA) is 77.9 Å². The standard InChI is InChI=1S/C16H28N2O4/c1-5-11(2)12(3)15(20)17(4)10-14(19)18-8-6-13(7-9-18)16(21)22/h11-13H,5-10H2,1-4H3,(H,21,22). The van der Waals surface area contributed by atoms with E-state index in [-0.39, 0.29) is 36.1 Å². The lowest BCUT2D eigenvalue weighted by molar-refractivity contribution is -0.147. The highest BCUT2D eigenvalue weighted by molar-refractivity contribution is 5.86. The molecule has 1 rings (SSSR count). The van der Waals surface area contributed by atoms with Crippen LogP contribution in [0.1, 0.15) is 40.0 Å². The second-order valence-electron chi connectivity index (χ2n) is 6.36. The summed E-state index contributed by atoms with van der Waals surface area (Å²) in [6, 6.07) is 0. The van der Waals surface area contributed by atoms with E-state index in [2.05, 4.69) is 0 Å². The number of hydrogen-bond donors (Lipinski definition) is 1. The maximum absolute atomic E-state index is 12.3. The van der Waals surface area contributed by atoms with Gasteiger partial charge in [0.2, 0.25) is 11.8 Å². The van der Waals surface area contributed by atoms with Crippen molar-refractivity contribution in [2.24, 2.45) is 17.8 Å². The minimum atomic E-state index is -0.790. The SMILES string of the molecule is CCC(C)C(C)C(=O)N(C)CC(=O)N1CCC(C(=O)O)CC1. The predicted molar refractivity (Wildman–Crippen MR) is 83.2 cm³/mol. The van der Waals surface area contributed by atoms with Crippen LogP contribution in [0.5, 0.6) is 0 Å². The normalized spacial score (nSPS) is 18.6. The number of carbonyl (C=O) groups is 3. The summed E-state index contributed by atoms with van der Waals surface area (Å²) in [6.07, 6.45) is 1.90. The summed E-state index contributed by atoms with van der Waals surface area (Å²) < 4.78 is 0. The summed E-state index contributed by atoms with van der Waals surface area (Å²) in [6.45, 7) is 6.96. The summed E-state index contributed by atoms with van der Waals surface area (Å²) >= 11 is 0. The fourth-order valence-electron chi connectivity index (χ4n) is 2.70. The van der Waals surface area contributed by atoms with E-state index < -0.39 is 5.97 Å². The first-order valence-electron chi connectivity index (χ1n) is 8.03. The average molecular weight is 312 g/mol. The van der Waals surface area contributed by atoms with Crippen LogP contribution in [0.25, 0.3) is 0 Å². The van der Waals surface area contributed by atoms with E-state index in [1.807, 2.05) is 20.8 Å². The largest absolute Gasteiger partial charge is 0.481 e. The molecule has 1 heterocycles. The molecule has 6 nitrogen and oxygen atoms in total. The fourth-order valence-corrected chi connectivity index (χ4v) is 2.70. The lowest BCUT2D eigenvalue weighted by atomic mass is 9.92. The molecular formula is C16H28N2O4. The molecular weight excluding hydrogens is 284 g/mol. The third-order valence-electron chi connectivity index (χ3n) is 4.83. The predicted octanol–water partition coefficient (Wildman–Crippen LogP) is 1.45. The van der Waals surface area contributed by atoms with Crippen molar-refractivity contribution in [3.63, 3.8) is 0 Å². The van der Waals surface area contributed by atoms with Gasteiger partial charge in [-0.05, 0) is 18.8 Å². The number of likely N-dealkylation sites (tertiary alicyclic amines) is 1. The Hall–Kier alpha value is -1.59. The van der Waals surface area contributed by atoms with E-state index in [1.165, 1.54) is 4.90 Å². The van der Waals surface area contributed by atoms with E-state index in [0.717, 1.165) is 6.42 Å². The average Bonchev–Trinajstić information content (AvgIpc) is 2.52. The summed E-state index contributed by atoms with van der Waals surface area (Å²) in [4.78, 5) is 38.6. The van der Waals surface area contributed by atoms with Gasteiger partial charge in [-0.25, -0.2) is 0 Å². The maximum atomic E-state index is 12.3.